The van der Waals surface area contributed by atoms with E-state index in [1.54, 1.807) is 0 Å². The summed E-state index contributed by atoms with van der Waals surface area (Å²) < 4.78 is 32.6. The highest BCUT2D eigenvalue weighted by atomic mass is 19.3. The first-order valence-electron chi connectivity index (χ1n) is 5.02. The number of methoxy groups -OCH3 is 1. The fourth-order valence-electron chi connectivity index (χ4n) is 1.35. The van der Waals surface area contributed by atoms with Gasteiger partial charge in [0, 0.05) is 0 Å². The van der Waals surface area contributed by atoms with Crippen LogP contribution in [0.5, 0.6) is 5.75 Å². The van der Waals surface area contributed by atoms with E-state index in [-0.39, 0.29) is 11.3 Å². The minimum Gasteiger partial charge on any atom is -0.468 e. The van der Waals surface area contributed by atoms with Gasteiger partial charge in [-0.05, 0) is 17.7 Å². The van der Waals surface area contributed by atoms with E-state index in [9.17, 15) is 18.7 Å². The highest BCUT2D eigenvalue weighted by molar-refractivity contribution is 5.76. The Morgan fingerprint density at radius 1 is 1.44 bits per heavy atom. The molecule has 0 heterocycles. The number of carbonyl (C=O) groups is 1. The molecule has 0 fully saturated rings. The lowest BCUT2D eigenvalue weighted by atomic mass is 10.0. The number of benzene rings is 1. The van der Waals surface area contributed by atoms with Crippen LogP contribution >= 0.6 is 0 Å². The molecular weight excluding hydrogens is 248 g/mol. The number of ether oxygens (including phenoxy) is 2. The number of alkyl halides is 2. The molecule has 0 aliphatic carbocycles. The molecule has 3 N–H and O–H groups in total. The van der Waals surface area contributed by atoms with Gasteiger partial charge in [-0.2, -0.15) is 8.78 Å². The lowest BCUT2D eigenvalue weighted by molar-refractivity contribution is -0.145. The van der Waals surface area contributed by atoms with Crippen LogP contribution in [0, 0.1) is 0 Å². The molecule has 0 aromatic heterocycles. The van der Waals surface area contributed by atoms with Gasteiger partial charge in [0.15, 0.2) is 0 Å². The molecule has 0 saturated heterocycles. The van der Waals surface area contributed by atoms with Gasteiger partial charge >= 0.3 is 12.6 Å². The Balaban J connectivity index is 2.85. The second-order valence-electron chi connectivity index (χ2n) is 3.44. The number of rotatable bonds is 5. The van der Waals surface area contributed by atoms with Crippen LogP contribution in [0.25, 0.3) is 0 Å². The van der Waals surface area contributed by atoms with Crippen LogP contribution < -0.4 is 10.5 Å². The second-order valence-corrected chi connectivity index (χ2v) is 3.44. The molecule has 0 aliphatic heterocycles. The van der Waals surface area contributed by atoms with Crippen molar-refractivity contribution in [2.45, 2.75) is 18.8 Å². The number of aliphatic hydroxyl groups excluding tert-OH is 1. The summed E-state index contributed by atoms with van der Waals surface area (Å²) >= 11 is 0. The monoisotopic (exact) mass is 261 g/mol. The van der Waals surface area contributed by atoms with E-state index in [1.807, 2.05) is 0 Å². The average Bonchev–Trinajstić information content (AvgIpc) is 2.35. The number of hydrogen-bond acceptors (Lipinski definition) is 5. The topological polar surface area (TPSA) is 81.8 Å². The predicted molar refractivity (Wildman–Crippen MR) is 58.0 cm³/mol. The van der Waals surface area contributed by atoms with E-state index in [4.69, 9.17) is 5.73 Å². The molecule has 2 atom stereocenters. The molecule has 0 aliphatic rings. The third-order valence-corrected chi connectivity index (χ3v) is 2.24. The van der Waals surface area contributed by atoms with Crippen LogP contribution in [0.3, 0.4) is 0 Å². The van der Waals surface area contributed by atoms with Gasteiger partial charge in [-0.25, -0.2) is 0 Å². The molecule has 1 aromatic carbocycles. The van der Waals surface area contributed by atoms with Crippen molar-refractivity contribution in [2.75, 3.05) is 7.11 Å². The van der Waals surface area contributed by atoms with E-state index >= 15 is 0 Å². The molecule has 0 saturated carbocycles. The summed E-state index contributed by atoms with van der Waals surface area (Å²) in [6, 6.07) is 4.02. The molecule has 1 aromatic rings. The smallest absolute Gasteiger partial charge is 0.387 e. The molecule has 5 nitrogen and oxygen atoms in total. The molecule has 18 heavy (non-hydrogen) atoms. The standard InChI is InChI=1S/C11H13F2NO4/c1-17-10(16)8(14)9(15)6-3-2-4-7(5-6)18-11(12)13/h2-5,8-9,11,15H,14H2,1H3/t8-,9+/m0/s1. The number of hydrogen-bond donors (Lipinski definition) is 2. The number of esters is 1. The van der Waals surface area contributed by atoms with Gasteiger partial charge in [0.05, 0.1) is 7.11 Å². The van der Waals surface area contributed by atoms with Crippen molar-refractivity contribution in [3.63, 3.8) is 0 Å². The molecular formula is C11H13F2NO4. The van der Waals surface area contributed by atoms with Crippen LogP contribution in [0.2, 0.25) is 0 Å². The maximum atomic E-state index is 12.0. The first-order valence-corrected chi connectivity index (χ1v) is 5.02. The SMILES string of the molecule is COC(=O)[C@@H](N)[C@H](O)c1cccc(OC(F)F)c1. The van der Waals surface area contributed by atoms with E-state index < -0.39 is 24.7 Å². The molecule has 0 unspecified atom stereocenters. The lowest BCUT2D eigenvalue weighted by Gasteiger charge is -2.17. The van der Waals surface area contributed by atoms with Gasteiger partial charge < -0.3 is 20.3 Å². The zero-order chi connectivity index (χ0) is 13.7. The van der Waals surface area contributed by atoms with Crippen LogP contribution in [-0.2, 0) is 9.53 Å². The Kier molecular flexibility index (Phi) is 4.99. The summed E-state index contributed by atoms with van der Waals surface area (Å²) in [5, 5.41) is 9.78. The van der Waals surface area contributed by atoms with Gasteiger partial charge in [0.25, 0.3) is 0 Å². The Morgan fingerprint density at radius 3 is 2.67 bits per heavy atom. The van der Waals surface area contributed by atoms with Crippen LogP contribution in [0.1, 0.15) is 11.7 Å². The van der Waals surface area contributed by atoms with Crippen LogP contribution in [0.4, 0.5) is 8.78 Å². The highest BCUT2D eigenvalue weighted by Crippen LogP contribution is 2.22. The Morgan fingerprint density at radius 2 is 2.11 bits per heavy atom. The van der Waals surface area contributed by atoms with Crippen molar-refractivity contribution in [2.24, 2.45) is 5.73 Å². The van der Waals surface area contributed by atoms with E-state index in [0.29, 0.717) is 0 Å². The summed E-state index contributed by atoms with van der Waals surface area (Å²) in [6.45, 7) is -2.97. The Labute approximate surface area is 102 Å². The second kappa shape index (κ2) is 6.27. The molecule has 0 amide bonds. The fraction of sp³-hybridized carbons (Fsp3) is 0.364. The lowest BCUT2D eigenvalue weighted by Crippen LogP contribution is -2.37. The zero-order valence-electron chi connectivity index (χ0n) is 9.55. The van der Waals surface area contributed by atoms with Gasteiger partial charge in [0.2, 0.25) is 0 Å². The quantitative estimate of drug-likeness (QED) is 0.767. The van der Waals surface area contributed by atoms with Gasteiger partial charge in [-0.1, -0.05) is 12.1 Å². The minimum absolute atomic E-state index is 0.126. The minimum atomic E-state index is -2.97. The van der Waals surface area contributed by atoms with Gasteiger partial charge in [-0.15, -0.1) is 0 Å². The van der Waals surface area contributed by atoms with Crippen molar-refractivity contribution >= 4 is 5.97 Å². The average molecular weight is 261 g/mol. The summed E-state index contributed by atoms with van der Waals surface area (Å²) in [5.41, 5.74) is 5.63. The highest BCUT2D eigenvalue weighted by Gasteiger charge is 2.25. The van der Waals surface area contributed by atoms with Crippen molar-refractivity contribution in [1.29, 1.82) is 0 Å². The first kappa shape index (κ1) is 14.3. The molecule has 0 radical (unpaired) electrons. The van der Waals surface area contributed by atoms with Crippen molar-refractivity contribution in [1.82, 2.24) is 0 Å². The van der Waals surface area contributed by atoms with Crippen molar-refractivity contribution in [3.8, 4) is 5.75 Å². The van der Waals surface area contributed by atoms with Crippen molar-refractivity contribution in [3.05, 3.63) is 29.8 Å². The first-order chi connectivity index (χ1) is 8.45. The molecule has 1 rings (SSSR count). The normalized spacial score (nSPS) is 14.1. The number of carbonyl (C=O) groups excluding carboxylic acids is 1. The molecule has 7 heteroatoms. The number of halogens is 2. The van der Waals surface area contributed by atoms with Gasteiger partial charge in [0.1, 0.15) is 17.9 Å². The fourth-order valence-corrected chi connectivity index (χ4v) is 1.35. The van der Waals surface area contributed by atoms with Crippen LogP contribution in [0.15, 0.2) is 24.3 Å². The molecule has 0 spiro atoms. The van der Waals surface area contributed by atoms with E-state index in [1.165, 1.54) is 24.3 Å². The van der Waals surface area contributed by atoms with E-state index in [2.05, 4.69) is 9.47 Å². The third kappa shape index (κ3) is 3.64. The van der Waals surface area contributed by atoms with Crippen molar-refractivity contribution < 1.29 is 28.2 Å². The summed E-state index contributed by atoms with van der Waals surface area (Å²) in [4.78, 5) is 11.1. The van der Waals surface area contributed by atoms with Gasteiger partial charge in [-0.3, -0.25) is 4.79 Å². The van der Waals surface area contributed by atoms with E-state index in [0.717, 1.165) is 7.11 Å². The Bertz CT molecular complexity index is 414. The number of nitrogens with two attached hydrogens (primary N) is 1. The largest absolute Gasteiger partial charge is 0.468 e. The summed E-state index contributed by atoms with van der Waals surface area (Å²) in [6.07, 6.45) is -1.36. The molecule has 0 bridgehead atoms. The maximum Gasteiger partial charge on any atom is 0.387 e. The number of aliphatic hydroxyl groups is 1. The summed E-state index contributed by atoms with van der Waals surface area (Å²) in [7, 11) is 1.13. The summed E-state index contributed by atoms with van der Waals surface area (Å²) in [5.74, 6) is -0.929. The Hall–Kier alpha value is -1.73. The predicted octanol–water partition coefficient (Wildman–Crippen LogP) is 0.822. The maximum absolute atomic E-state index is 12.0. The molecule has 100 valence electrons. The van der Waals surface area contributed by atoms with Crippen LogP contribution in [-0.4, -0.2) is 30.8 Å². The third-order valence-electron chi connectivity index (χ3n) is 2.24. The zero-order valence-corrected chi connectivity index (χ0v) is 9.55.